The fourth-order valence-corrected chi connectivity index (χ4v) is 2.31. The van der Waals surface area contributed by atoms with Crippen LogP contribution in [0.5, 0.6) is 0 Å². The van der Waals surface area contributed by atoms with Crippen LogP contribution in [0.15, 0.2) is 29.2 Å². The summed E-state index contributed by atoms with van der Waals surface area (Å²) in [6.07, 6.45) is 0.403. The number of hydrogen-bond acceptors (Lipinski definition) is 3. The minimum atomic E-state index is -0.0803. The Morgan fingerprint density at radius 1 is 1.39 bits per heavy atom. The topological polar surface area (TPSA) is 46.3 Å². The van der Waals surface area contributed by atoms with Gasteiger partial charge in [-0.3, -0.25) is 4.79 Å². The summed E-state index contributed by atoms with van der Waals surface area (Å²) in [5.74, 6) is 1.17. The molecule has 1 rings (SSSR count). The molecule has 1 amide bonds. The number of benzene rings is 1. The molecule has 3 nitrogen and oxygen atoms in total. The molecular formula is C14H22N2OS. The third kappa shape index (κ3) is 5.10. The molecule has 2 N–H and O–H groups in total. The van der Waals surface area contributed by atoms with Crippen molar-refractivity contribution in [2.24, 2.45) is 5.73 Å². The van der Waals surface area contributed by atoms with E-state index in [1.807, 2.05) is 25.7 Å². The van der Waals surface area contributed by atoms with Crippen LogP contribution in [-0.4, -0.2) is 29.6 Å². The Morgan fingerprint density at radius 3 is 2.50 bits per heavy atom. The van der Waals surface area contributed by atoms with E-state index in [-0.39, 0.29) is 11.9 Å². The average molecular weight is 266 g/mol. The van der Waals surface area contributed by atoms with Gasteiger partial charge in [0.2, 0.25) is 5.91 Å². The van der Waals surface area contributed by atoms with E-state index in [4.69, 9.17) is 5.73 Å². The van der Waals surface area contributed by atoms with Crippen molar-refractivity contribution >= 4 is 17.7 Å². The van der Waals surface area contributed by atoms with Gasteiger partial charge in [-0.15, -0.1) is 11.8 Å². The summed E-state index contributed by atoms with van der Waals surface area (Å²) in [6, 6.07) is 8.28. The first-order valence-corrected chi connectivity index (χ1v) is 7.22. The van der Waals surface area contributed by atoms with Gasteiger partial charge >= 0.3 is 0 Å². The van der Waals surface area contributed by atoms with E-state index in [2.05, 4.69) is 31.2 Å². The molecule has 4 heteroatoms. The van der Waals surface area contributed by atoms with E-state index in [0.29, 0.717) is 13.0 Å². The molecule has 0 aromatic heterocycles. The normalized spacial score (nSPS) is 12.2. The molecule has 1 unspecified atom stereocenters. The predicted molar refractivity (Wildman–Crippen MR) is 77.6 cm³/mol. The van der Waals surface area contributed by atoms with Crippen LogP contribution in [0, 0.1) is 0 Å². The summed E-state index contributed by atoms with van der Waals surface area (Å²) in [5.41, 5.74) is 6.78. The van der Waals surface area contributed by atoms with Gasteiger partial charge in [-0.2, -0.15) is 0 Å². The zero-order chi connectivity index (χ0) is 13.5. The lowest BCUT2D eigenvalue weighted by molar-refractivity contribution is -0.130. The van der Waals surface area contributed by atoms with E-state index < -0.39 is 0 Å². The molecule has 100 valence electrons. The van der Waals surface area contributed by atoms with Crippen LogP contribution < -0.4 is 5.73 Å². The molecule has 0 fully saturated rings. The number of rotatable bonds is 6. The fourth-order valence-electron chi connectivity index (χ4n) is 1.65. The molecule has 0 radical (unpaired) electrons. The highest BCUT2D eigenvalue weighted by Crippen LogP contribution is 2.18. The minimum Gasteiger partial charge on any atom is -0.341 e. The Bertz CT molecular complexity index is 376. The van der Waals surface area contributed by atoms with Gasteiger partial charge < -0.3 is 10.6 Å². The summed E-state index contributed by atoms with van der Waals surface area (Å²) in [7, 11) is 1.82. The smallest absolute Gasteiger partial charge is 0.224 e. The minimum absolute atomic E-state index is 0.0803. The van der Waals surface area contributed by atoms with Crippen molar-refractivity contribution in [1.29, 1.82) is 0 Å². The summed E-state index contributed by atoms with van der Waals surface area (Å²) in [5, 5.41) is 0. The molecule has 1 atom stereocenters. The number of thioether (sulfide) groups is 1. The highest BCUT2D eigenvalue weighted by Gasteiger charge is 2.11. The zero-order valence-corrected chi connectivity index (χ0v) is 12.2. The lowest BCUT2D eigenvalue weighted by Gasteiger charge is -2.18. The van der Waals surface area contributed by atoms with Crippen molar-refractivity contribution in [1.82, 2.24) is 4.90 Å². The molecule has 0 aliphatic heterocycles. The van der Waals surface area contributed by atoms with E-state index >= 15 is 0 Å². The number of hydrogen-bond donors (Lipinski definition) is 1. The Hall–Kier alpha value is -1.00. The van der Waals surface area contributed by atoms with E-state index in [9.17, 15) is 4.79 Å². The van der Waals surface area contributed by atoms with Gasteiger partial charge in [0.25, 0.3) is 0 Å². The van der Waals surface area contributed by atoms with Gasteiger partial charge in [0.15, 0.2) is 0 Å². The van der Waals surface area contributed by atoms with Gasteiger partial charge in [0, 0.05) is 31.0 Å². The Morgan fingerprint density at radius 2 is 2.00 bits per heavy atom. The maximum Gasteiger partial charge on any atom is 0.224 e. The van der Waals surface area contributed by atoms with Crippen LogP contribution in [0.4, 0.5) is 0 Å². The molecule has 18 heavy (non-hydrogen) atoms. The first-order valence-electron chi connectivity index (χ1n) is 6.24. The Balaban J connectivity index is 2.53. The lowest BCUT2D eigenvalue weighted by Crippen LogP contribution is -2.31. The van der Waals surface area contributed by atoms with Gasteiger partial charge in [0.1, 0.15) is 0 Å². The Labute approximate surface area is 114 Å². The molecule has 0 bridgehead atoms. The second-order valence-corrected chi connectivity index (χ2v) is 5.85. The van der Waals surface area contributed by atoms with Crippen molar-refractivity contribution in [2.45, 2.75) is 37.8 Å². The SMILES string of the molecule is CCSc1ccc(CN(C)C(=O)CC(C)N)cc1. The second kappa shape index (κ2) is 7.44. The molecule has 1 aromatic rings. The summed E-state index contributed by atoms with van der Waals surface area (Å²) >= 11 is 1.82. The molecule has 0 aliphatic carbocycles. The lowest BCUT2D eigenvalue weighted by atomic mass is 10.2. The maximum absolute atomic E-state index is 11.8. The molecule has 0 aliphatic rings. The molecule has 1 aromatic carbocycles. The van der Waals surface area contributed by atoms with Gasteiger partial charge in [-0.25, -0.2) is 0 Å². The summed E-state index contributed by atoms with van der Waals surface area (Å²) in [4.78, 5) is 14.8. The van der Waals surface area contributed by atoms with Crippen LogP contribution >= 0.6 is 11.8 Å². The van der Waals surface area contributed by atoms with Gasteiger partial charge in [0.05, 0.1) is 0 Å². The van der Waals surface area contributed by atoms with Crippen molar-refractivity contribution in [3.63, 3.8) is 0 Å². The van der Waals surface area contributed by atoms with Crippen LogP contribution in [0.2, 0.25) is 0 Å². The third-order valence-corrected chi connectivity index (χ3v) is 3.47. The van der Waals surface area contributed by atoms with E-state index in [1.165, 1.54) is 4.90 Å². The average Bonchev–Trinajstić information content (AvgIpc) is 2.31. The zero-order valence-electron chi connectivity index (χ0n) is 11.3. The second-order valence-electron chi connectivity index (χ2n) is 4.51. The third-order valence-electron chi connectivity index (χ3n) is 2.58. The summed E-state index contributed by atoms with van der Waals surface area (Å²) in [6.45, 7) is 4.63. The number of carbonyl (C=O) groups is 1. The predicted octanol–water partition coefficient (Wildman–Crippen LogP) is 2.49. The van der Waals surface area contributed by atoms with Crippen LogP contribution in [0.1, 0.15) is 25.8 Å². The maximum atomic E-state index is 11.8. The largest absolute Gasteiger partial charge is 0.341 e. The number of carbonyl (C=O) groups excluding carboxylic acids is 1. The Kier molecular flexibility index (Phi) is 6.22. The highest BCUT2D eigenvalue weighted by atomic mass is 32.2. The number of nitrogens with two attached hydrogens (primary N) is 1. The summed E-state index contributed by atoms with van der Waals surface area (Å²) < 4.78 is 0. The van der Waals surface area contributed by atoms with Crippen molar-refractivity contribution in [3.05, 3.63) is 29.8 Å². The quantitative estimate of drug-likeness (QED) is 0.805. The van der Waals surface area contributed by atoms with E-state index in [0.717, 1.165) is 11.3 Å². The van der Waals surface area contributed by atoms with Crippen LogP contribution in [0.3, 0.4) is 0 Å². The van der Waals surface area contributed by atoms with Gasteiger partial charge in [-0.1, -0.05) is 19.1 Å². The molecular weight excluding hydrogens is 244 g/mol. The number of amides is 1. The van der Waals surface area contributed by atoms with Crippen LogP contribution in [-0.2, 0) is 11.3 Å². The van der Waals surface area contributed by atoms with E-state index in [1.54, 1.807) is 4.90 Å². The highest BCUT2D eigenvalue weighted by molar-refractivity contribution is 7.99. The molecule has 0 heterocycles. The first-order chi connectivity index (χ1) is 8.52. The van der Waals surface area contributed by atoms with Crippen molar-refractivity contribution in [3.8, 4) is 0 Å². The monoisotopic (exact) mass is 266 g/mol. The molecule has 0 spiro atoms. The molecule has 0 saturated heterocycles. The number of nitrogens with zero attached hydrogens (tertiary/aromatic N) is 1. The molecule has 0 saturated carbocycles. The van der Waals surface area contributed by atoms with Gasteiger partial charge in [-0.05, 0) is 30.4 Å². The standard InChI is InChI=1S/C14H22N2OS/c1-4-18-13-7-5-12(6-8-13)10-16(3)14(17)9-11(2)15/h5-8,11H,4,9-10,15H2,1-3H3. The van der Waals surface area contributed by atoms with Crippen LogP contribution in [0.25, 0.3) is 0 Å². The van der Waals surface area contributed by atoms with Crippen molar-refractivity contribution < 1.29 is 4.79 Å². The van der Waals surface area contributed by atoms with Crippen molar-refractivity contribution in [2.75, 3.05) is 12.8 Å². The fraction of sp³-hybridized carbons (Fsp3) is 0.500. The first kappa shape index (κ1) is 15.1.